The van der Waals surface area contributed by atoms with Crippen LogP contribution in [0.3, 0.4) is 0 Å². The Morgan fingerprint density at radius 1 is 1.03 bits per heavy atom. The van der Waals surface area contributed by atoms with E-state index >= 15 is 4.39 Å². The first-order valence-electron chi connectivity index (χ1n) is 13.9. The summed E-state index contributed by atoms with van der Waals surface area (Å²) >= 11 is 0. The second-order valence-corrected chi connectivity index (χ2v) is 11.0. The van der Waals surface area contributed by atoms with E-state index in [0.717, 1.165) is 56.7 Å². The predicted molar refractivity (Wildman–Crippen MR) is 148 cm³/mol. The minimum absolute atomic E-state index is 0.0595. The molecule has 2 aliphatic heterocycles. The van der Waals surface area contributed by atoms with Gasteiger partial charge in [0.1, 0.15) is 29.4 Å². The van der Waals surface area contributed by atoms with Crippen molar-refractivity contribution in [2.24, 2.45) is 11.8 Å². The number of aromatic hydroxyl groups is 1. The van der Waals surface area contributed by atoms with Crippen LogP contribution in [-0.2, 0) is 4.74 Å². The van der Waals surface area contributed by atoms with Crippen LogP contribution in [0, 0.1) is 17.7 Å². The molecule has 3 aliphatic rings. The van der Waals surface area contributed by atoms with Crippen molar-refractivity contribution in [1.29, 1.82) is 0 Å². The number of nitrogens with zero attached hydrogens (tertiary/aromatic N) is 5. The third kappa shape index (κ3) is 4.74. The minimum atomic E-state index is -0.537. The van der Waals surface area contributed by atoms with Gasteiger partial charge < -0.3 is 19.5 Å². The molecular weight excluding hydrogens is 497 g/mol. The van der Waals surface area contributed by atoms with Gasteiger partial charge >= 0.3 is 6.01 Å². The largest absolute Gasteiger partial charge is 0.508 e. The maximum Gasteiger partial charge on any atom is 0.319 e. The molecule has 1 aliphatic carbocycles. The van der Waals surface area contributed by atoms with Gasteiger partial charge in [-0.3, -0.25) is 9.88 Å². The van der Waals surface area contributed by atoms with Gasteiger partial charge in [0.05, 0.1) is 18.6 Å². The van der Waals surface area contributed by atoms with Gasteiger partial charge in [-0.15, -0.1) is 0 Å². The molecule has 0 radical (unpaired) electrons. The number of piperidine rings is 1. The molecule has 2 aromatic heterocycles. The van der Waals surface area contributed by atoms with Crippen LogP contribution in [-0.4, -0.2) is 77.5 Å². The highest BCUT2D eigenvalue weighted by atomic mass is 19.1. The number of aromatic nitrogens is 3. The molecule has 8 nitrogen and oxygen atoms in total. The van der Waals surface area contributed by atoms with Crippen molar-refractivity contribution in [2.45, 2.75) is 19.3 Å². The monoisotopic (exact) mass is 529 g/mol. The fourth-order valence-electron chi connectivity index (χ4n) is 6.48. The fourth-order valence-corrected chi connectivity index (χ4v) is 6.48. The quantitative estimate of drug-likeness (QED) is 0.387. The molecule has 4 aromatic rings. The molecule has 4 heterocycles. The van der Waals surface area contributed by atoms with Crippen molar-refractivity contribution >= 4 is 27.5 Å². The number of ether oxygens (including phenoxy) is 2. The number of rotatable bonds is 6. The number of benzene rings is 2. The van der Waals surface area contributed by atoms with Crippen LogP contribution in [0.5, 0.6) is 11.8 Å². The van der Waals surface area contributed by atoms with Gasteiger partial charge in [0.15, 0.2) is 5.82 Å². The fraction of sp³-hybridized carbons (Fsp3) is 0.433. The maximum absolute atomic E-state index is 16.4. The second kappa shape index (κ2) is 10.2. The number of phenols is 1. The molecule has 2 bridgehead atoms. The van der Waals surface area contributed by atoms with Crippen LogP contribution in [0.2, 0.25) is 0 Å². The Labute approximate surface area is 226 Å². The summed E-state index contributed by atoms with van der Waals surface area (Å²) in [6, 6.07) is 11.0. The summed E-state index contributed by atoms with van der Waals surface area (Å²) < 4.78 is 27.9. The molecule has 2 saturated heterocycles. The van der Waals surface area contributed by atoms with E-state index < -0.39 is 5.82 Å². The number of pyridine rings is 1. The summed E-state index contributed by atoms with van der Waals surface area (Å²) in [6.07, 6.45) is 5.39. The van der Waals surface area contributed by atoms with Crippen LogP contribution in [0.25, 0.3) is 32.9 Å². The molecule has 3 fully saturated rings. The molecular formula is C30H32FN5O3. The molecule has 0 spiro atoms. The summed E-state index contributed by atoms with van der Waals surface area (Å²) in [4.78, 5) is 18.5. The topological polar surface area (TPSA) is 83.8 Å². The van der Waals surface area contributed by atoms with Gasteiger partial charge in [0.25, 0.3) is 0 Å². The number of anilines is 1. The Kier molecular flexibility index (Phi) is 6.40. The first kappa shape index (κ1) is 24.5. The van der Waals surface area contributed by atoms with E-state index in [-0.39, 0.29) is 23.0 Å². The van der Waals surface area contributed by atoms with E-state index in [1.54, 1.807) is 18.3 Å². The average Bonchev–Trinajstić information content (AvgIpc) is 3.30. The first-order chi connectivity index (χ1) is 19.1. The number of phenolic OH excluding ortho intramolecular Hbond substituents is 1. The van der Waals surface area contributed by atoms with Crippen LogP contribution >= 0.6 is 0 Å². The lowest BCUT2D eigenvalue weighted by Gasteiger charge is -2.33. The normalized spacial score (nSPS) is 21.6. The highest BCUT2D eigenvalue weighted by Gasteiger charge is 2.34. The van der Waals surface area contributed by atoms with Crippen molar-refractivity contribution in [3.8, 4) is 23.0 Å². The molecule has 2 atom stereocenters. The molecule has 1 saturated carbocycles. The summed E-state index contributed by atoms with van der Waals surface area (Å²) in [6.45, 7) is 6.11. The Balaban J connectivity index is 1.30. The molecule has 0 amide bonds. The SMILES string of the molecule is Oc1cc(-c2ncc3c(N4CC5CCC(C5)C4)nc(OCCN4CCOCC4)nc3c2F)c2ccccc2c1. The summed E-state index contributed by atoms with van der Waals surface area (Å²) in [7, 11) is 0. The van der Waals surface area contributed by atoms with Crippen molar-refractivity contribution in [3.63, 3.8) is 0 Å². The Morgan fingerprint density at radius 3 is 2.64 bits per heavy atom. The molecule has 2 aromatic carbocycles. The molecule has 9 heteroatoms. The van der Waals surface area contributed by atoms with Crippen molar-refractivity contribution in [3.05, 3.63) is 48.4 Å². The van der Waals surface area contributed by atoms with Gasteiger partial charge in [0, 0.05) is 44.5 Å². The summed E-state index contributed by atoms with van der Waals surface area (Å²) in [5, 5.41) is 12.6. The molecule has 202 valence electrons. The van der Waals surface area contributed by atoms with Crippen LogP contribution < -0.4 is 9.64 Å². The standard InChI is InChI=1S/C30H32FN5O3/c31-26-27(24-15-22(37)14-21-3-1-2-4-23(21)24)32-16-25-28(26)33-30(39-12-9-35-7-10-38-11-8-35)34-29(25)36-17-19-5-6-20(13-19)18-36/h1-4,14-16,19-20,37H,5-13,17-18H2. The molecule has 39 heavy (non-hydrogen) atoms. The third-order valence-electron chi connectivity index (χ3n) is 8.39. The van der Waals surface area contributed by atoms with Gasteiger partial charge in [-0.2, -0.15) is 9.97 Å². The van der Waals surface area contributed by atoms with Crippen LogP contribution in [0.4, 0.5) is 10.2 Å². The van der Waals surface area contributed by atoms with Gasteiger partial charge in [-0.25, -0.2) is 4.39 Å². The maximum atomic E-state index is 16.4. The second-order valence-electron chi connectivity index (χ2n) is 11.0. The third-order valence-corrected chi connectivity index (χ3v) is 8.39. The molecule has 2 unspecified atom stereocenters. The molecule has 7 rings (SSSR count). The Bertz CT molecular complexity index is 1510. The average molecular weight is 530 g/mol. The van der Waals surface area contributed by atoms with E-state index in [1.165, 1.54) is 19.3 Å². The number of hydrogen-bond acceptors (Lipinski definition) is 8. The van der Waals surface area contributed by atoms with E-state index in [4.69, 9.17) is 14.5 Å². The van der Waals surface area contributed by atoms with Crippen molar-refractivity contribution in [1.82, 2.24) is 19.9 Å². The van der Waals surface area contributed by atoms with Gasteiger partial charge in [0.2, 0.25) is 0 Å². The van der Waals surface area contributed by atoms with Gasteiger partial charge in [-0.1, -0.05) is 24.3 Å². The van der Waals surface area contributed by atoms with E-state index in [1.807, 2.05) is 24.3 Å². The van der Waals surface area contributed by atoms with E-state index in [0.29, 0.717) is 35.2 Å². The van der Waals surface area contributed by atoms with Crippen LogP contribution in [0.15, 0.2) is 42.6 Å². The Morgan fingerprint density at radius 2 is 1.82 bits per heavy atom. The number of halogens is 1. The highest BCUT2D eigenvalue weighted by Crippen LogP contribution is 2.41. The smallest absolute Gasteiger partial charge is 0.319 e. The molecule has 1 N–H and O–H groups in total. The van der Waals surface area contributed by atoms with E-state index in [9.17, 15) is 5.11 Å². The zero-order chi connectivity index (χ0) is 26.3. The summed E-state index contributed by atoms with van der Waals surface area (Å²) in [5.74, 6) is 1.48. The first-order valence-corrected chi connectivity index (χ1v) is 13.9. The number of hydrogen-bond donors (Lipinski definition) is 1. The van der Waals surface area contributed by atoms with E-state index in [2.05, 4.69) is 19.8 Å². The number of fused-ring (bicyclic) bond motifs is 4. The van der Waals surface area contributed by atoms with Crippen molar-refractivity contribution in [2.75, 3.05) is 57.4 Å². The van der Waals surface area contributed by atoms with Crippen LogP contribution in [0.1, 0.15) is 19.3 Å². The highest BCUT2D eigenvalue weighted by molar-refractivity contribution is 5.99. The minimum Gasteiger partial charge on any atom is -0.508 e. The number of morpholine rings is 1. The predicted octanol–water partition coefficient (Wildman–Crippen LogP) is 4.64. The Hall–Kier alpha value is -3.56. The lowest BCUT2D eigenvalue weighted by molar-refractivity contribution is 0.0317. The lowest BCUT2D eigenvalue weighted by Crippen LogP contribution is -2.39. The zero-order valence-corrected chi connectivity index (χ0v) is 21.9. The lowest BCUT2D eigenvalue weighted by atomic mass is 9.98. The van der Waals surface area contributed by atoms with Gasteiger partial charge in [-0.05, 0) is 54.0 Å². The van der Waals surface area contributed by atoms with Crippen molar-refractivity contribution < 1.29 is 19.0 Å². The zero-order valence-electron chi connectivity index (χ0n) is 21.9. The summed E-state index contributed by atoms with van der Waals surface area (Å²) in [5.41, 5.74) is 0.866.